The fraction of sp³-hybridized carbons (Fsp3) is 0.941. The van der Waals surface area contributed by atoms with Gasteiger partial charge in [0.05, 0.1) is 0 Å². The maximum Gasteiger partial charge on any atom is 0.220 e. The van der Waals surface area contributed by atoms with Crippen LogP contribution >= 0.6 is 0 Å². The van der Waals surface area contributed by atoms with E-state index in [4.69, 9.17) is 5.73 Å². The third-order valence-electron chi connectivity index (χ3n) is 3.76. The molecule has 0 rings (SSSR count). The maximum atomic E-state index is 12.0. The number of unbranched alkanes of at least 4 members (excludes halogenated alkanes) is 6. The minimum atomic E-state index is -0.244. The number of carbonyl (C=O) groups excluding carboxylic acids is 1. The molecule has 0 spiro atoms. The number of carbonyl (C=O) groups is 1. The summed E-state index contributed by atoms with van der Waals surface area (Å²) in [5.41, 5.74) is 5.57. The molecule has 120 valence electrons. The minimum Gasteiger partial charge on any atom is -0.350 e. The normalized spacial score (nSPS) is 14.3. The molecule has 0 fully saturated rings. The molecule has 0 aliphatic carbocycles. The Bertz CT molecular complexity index is 253. The van der Waals surface area contributed by atoms with Gasteiger partial charge in [-0.1, -0.05) is 59.3 Å². The van der Waals surface area contributed by atoms with Crippen LogP contribution in [0.3, 0.4) is 0 Å². The summed E-state index contributed by atoms with van der Waals surface area (Å²) in [6, 6.07) is 0. The molecule has 0 aliphatic rings. The Balaban J connectivity index is 3.75. The van der Waals surface area contributed by atoms with E-state index >= 15 is 0 Å². The summed E-state index contributed by atoms with van der Waals surface area (Å²) in [7, 11) is 0. The molecule has 0 aromatic heterocycles. The van der Waals surface area contributed by atoms with Crippen molar-refractivity contribution in [2.75, 3.05) is 6.54 Å². The summed E-state index contributed by atoms with van der Waals surface area (Å²) in [4.78, 5) is 12.0. The van der Waals surface area contributed by atoms with Crippen molar-refractivity contribution in [2.45, 2.75) is 91.0 Å². The molecule has 1 atom stereocenters. The van der Waals surface area contributed by atoms with Gasteiger partial charge in [-0.3, -0.25) is 4.79 Å². The van der Waals surface area contributed by atoms with E-state index in [1.165, 1.54) is 38.5 Å². The lowest BCUT2D eigenvalue weighted by molar-refractivity contribution is -0.123. The van der Waals surface area contributed by atoms with Crippen molar-refractivity contribution in [3.63, 3.8) is 0 Å². The SMILES string of the molecule is CCCCCCCCCC(=O)NC(C)(CN)CC(C)C. The highest BCUT2D eigenvalue weighted by atomic mass is 16.1. The predicted molar refractivity (Wildman–Crippen MR) is 87.7 cm³/mol. The number of nitrogens with two attached hydrogens (primary N) is 1. The Morgan fingerprint density at radius 2 is 1.65 bits per heavy atom. The molecule has 20 heavy (non-hydrogen) atoms. The molecule has 0 saturated heterocycles. The van der Waals surface area contributed by atoms with Crippen molar-refractivity contribution in [3.05, 3.63) is 0 Å². The van der Waals surface area contributed by atoms with Gasteiger partial charge in [0.1, 0.15) is 0 Å². The zero-order chi connectivity index (χ0) is 15.4. The summed E-state index contributed by atoms with van der Waals surface area (Å²) in [6.07, 6.45) is 10.3. The van der Waals surface area contributed by atoms with Gasteiger partial charge in [0.2, 0.25) is 5.91 Å². The average Bonchev–Trinajstić information content (AvgIpc) is 2.36. The first-order valence-corrected chi connectivity index (χ1v) is 8.44. The third kappa shape index (κ3) is 10.2. The molecule has 0 aliphatic heterocycles. The van der Waals surface area contributed by atoms with Gasteiger partial charge in [-0.15, -0.1) is 0 Å². The monoisotopic (exact) mass is 284 g/mol. The van der Waals surface area contributed by atoms with E-state index in [0.717, 1.165) is 12.8 Å². The van der Waals surface area contributed by atoms with E-state index in [-0.39, 0.29) is 11.4 Å². The smallest absolute Gasteiger partial charge is 0.220 e. The Kier molecular flexibility index (Phi) is 10.8. The zero-order valence-corrected chi connectivity index (χ0v) is 14.1. The molecule has 0 radical (unpaired) electrons. The van der Waals surface area contributed by atoms with E-state index in [0.29, 0.717) is 18.9 Å². The van der Waals surface area contributed by atoms with E-state index in [1.807, 2.05) is 0 Å². The molecule has 0 bridgehead atoms. The van der Waals surface area contributed by atoms with Crippen LogP contribution in [0.1, 0.15) is 85.5 Å². The van der Waals surface area contributed by atoms with Crippen LogP contribution in [0.5, 0.6) is 0 Å². The highest BCUT2D eigenvalue weighted by Crippen LogP contribution is 2.16. The van der Waals surface area contributed by atoms with Gasteiger partial charge in [0.25, 0.3) is 0 Å². The number of rotatable bonds is 12. The molecule has 0 aromatic carbocycles. The summed E-state index contributed by atoms with van der Waals surface area (Å²) >= 11 is 0. The summed E-state index contributed by atoms with van der Waals surface area (Å²) in [6.45, 7) is 9.12. The standard InChI is InChI=1S/C17H36N2O/c1-5-6-7-8-9-10-11-12-16(20)19-17(4,14-18)13-15(2)3/h15H,5-14,18H2,1-4H3,(H,19,20). The molecule has 3 N–H and O–H groups in total. The first kappa shape index (κ1) is 19.4. The molecule has 3 heteroatoms. The Morgan fingerprint density at radius 1 is 1.10 bits per heavy atom. The van der Waals surface area contributed by atoms with E-state index in [9.17, 15) is 4.79 Å². The second-order valence-corrected chi connectivity index (χ2v) is 6.78. The van der Waals surface area contributed by atoms with Gasteiger partial charge >= 0.3 is 0 Å². The van der Waals surface area contributed by atoms with Gasteiger partial charge in [-0.25, -0.2) is 0 Å². The Labute approximate surface area is 126 Å². The van der Waals surface area contributed by atoms with Crippen LogP contribution in [0.15, 0.2) is 0 Å². The van der Waals surface area contributed by atoms with E-state index < -0.39 is 0 Å². The summed E-state index contributed by atoms with van der Waals surface area (Å²) in [5.74, 6) is 0.703. The second kappa shape index (κ2) is 11.1. The number of hydrogen-bond acceptors (Lipinski definition) is 2. The van der Waals surface area contributed by atoms with Gasteiger partial charge in [0, 0.05) is 18.5 Å². The van der Waals surface area contributed by atoms with E-state index in [1.54, 1.807) is 0 Å². The lowest BCUT2D eigenvalue weighted by Gasteiger charge is -2.31. The van der Waals surface area contributed by atoms with Crippen LogP contribution in [-0.4, -0.2) is 18.0 Å². The lowest BCUT2D eigenvalue weighted by Crippen LogP contribution is -2.52. The maximum absolute atomic E-state index is 12.0. The minimum absolute atomic E-state index is 0.159. The third-order valence-corrected chi connectivity index (χ3v) is 3.76. The number of nitrogens with one attached hydrogen (secondary N) is 1. The molecule has 0 aromatic rings. The molecular weight excluding hydrogens is 248 g/mol. The fourth-order valence-corrected chi connectivity index (χ4v) is 2.73. The molecule has 3 nitrogen and oxygen atoms in total. The summed E-state index contributed by atoms with van der Waals surface area (Å²) < 4.78 is 0. The van der Waals surface area contributed by atoms with Crippen molar-refractivity contribution >= 4 is 5.91 Å². The van der Waals surface area contributed by atoms with Gasteiger partial charge < -0.3 is 11.1 Å². The van der Waals surface area contributed by atoms with Gasteiger partial charge in [-0.05, 0) is 25.7 Å². The first-order chi connectivity index (χ1) is 9.43. The second-order valence-electron chi connectivity index (χ2n) is 6.78. The largest absolute Gasteiger partial charge is 0.350 e. The average molecular weight is 284 g/mol. The van der Waals surface area contributed by atoms with Crippen molar-refractivity contribution in [3.8, 4) is 0 Å². The topological polar surface area (TPSA) is 55.1 Å². The van der Waals surface area contributed by atoms with Crippen LogP contribution in [-0.2, 0) is 4.79 Å². The quantitative estimate of drug-likeness (QED) is 0.532. The first-order valence-electron chi connectivity index (χ1n) is 8.44. The fourth-order valence-electron chi connectivity index (χ4n) is 2.73. The van der Waals surface area contributed by atoms with Crippen molar-refractivity contribution in [1.82, 2.24) is 5.32 Å². The van der Waals surface area contributed by atoms with Gasteiger partial charge in [0.15, 0.2) is 0 Å². The van der Waals surface area contributed by atoms with Crippen molar-refractivity contribution < 1.29 is 4.79 Å². The summed E-state index contributed by atoms with van der Waals surface area (Å²) in [5, 5.41) is 3.12. The molecule has 0 heterocycles. The van der Waals surface area contributed by atoms with Crippen molar-refractivity contribution in [1.29, 1.82) is 0 Å². The van der Waals surface area contributed by atoms with Crippen LogP contribution in [0.25, 0.3) is 0 Å². The predicted octanol–water partition coefficient (Wildman–Crippen LogP) is 4.01. The Morgan fingerprint density at radius 3 is 2.15 bits per heavy atom. The Hall–Kier alpha value is -0.570. The van der Waals surface area contributed by atoms with Crippen LogP contribution in [0.4, 0.5) is 0 Å². The zero-order valence-electron chi connectivity index (χ0n) is 14.1. The molecule has 0 saturated carbocycles. The van der Waals surface area contributed by atoms with Crippen LogP contribution < -0.4 is 11.1 Å². The molecular formula is C17H36N2O. The highest BCUT2D eigenvalue weighted by molar-refractivity contribution is 5.76. The highest BCUT2D eigenvalue weighted by Gasteiger charge is 2.25. The molecule has 1 amide bonds. The molecule has 1 unspecified atom stereocenters. The van der Waals surface area contributed by atoms with Crippen LogP contribution in [0.2, 0.25) is 0 Å². The van der Waals surface area contributed by atoms with Crippen LogP contribution in [0, 0.1) is 5.92 Å². The van der Waals surface area contributed by atoms with Gasteiger partial charge in [-0.2, -0.15) is 0 Å². The number of hydrogen-bond donors (Lipinski definition) is 2. The van der Waals surface area contributed by atoms with Crippen molar-refractivity contribution in [2.24, 2.45) is 11.7 Å². The number of amides is 1. The van der Waals surface area contributed by atoms with E-state index in [2.05, 4.69) is 33.0 Å². The lowest BCUT2D eigenvalue weighted by atomic mass is 9.90.